The van der Waals surface area contributed by atoms with Gasteiger partial charge in [0.1, 0.15) is 0 Å². The summed E-state index contributed by atoms with van der Waals surface area (Å²) < 4.78 is 0. The number of hydrogen-bond donors (Lipinski definition) is 1. The minimum atomic E-state index is -0.772. The summed E-state index contributed by atoms with van der Waals surface area (Å²) in [6, 6.07) is 10.5. The topological polar surface area (TPSA) is 40.5 Å². The highest BCUT2D eigenvalue weighted by atomic mass is 16.4. The number of benzene rings is 1. The van der Waals surface area contributed by atoms with Gasteiger partial charge in [-0.25, -0.2) is 4.79 Å². The van der Waals surface area contributed by atoms with E-state index >= 15 is 0 Å². The SMILES string of the molecule is O=C(O)N1CCC(CCc2ccccc2)CC1. The fraction of sp³-hybridized carbons (Fsp3) is 0.500. The largest absolute Gasteiger partial charge is 0.465 e. The van der Waals surface area contributed by atoms with Crippen LogP contribution in [0, 0.1) is 5.92 Å². The molecule has 0 unspecified atom stereocenters. The van der Waals surface area contributed by atoms with Crippen molar-refractivity contribution < 1.29 is 9.90 Å². The van der Waals surface area contributed by atoms with Crippen molar-refractivity contribution in [2.75, 3.05) is 13.1 Å². The lowest BCUT2D eigenvalue weighted by atomic mass is 9.91. The molecule has 0 aliphatic carbocycles. The van der Waals surface area contributed by atoms with Crippen LogP contribution in [0.4, 0.5) is 4.79 Å². The maximum absolute atomic E-state index is 10.8. The van der Waals surface area contributed by atoms with E-state index in [1.165, 1.54) is 16.9 Å². The van der Waals surface area contributed by atoms with Crippen molar-refractivity contribution >= 4 is 6.09 Å². The fourth-order valence-corrected chi connectivity index (χ4v) is 2.43. The summed E-state index contributed by atoms with van der Waals surface area (Å²) in [6.45, 7) is 1.41. The summed E-state index contributed by atoms with van der Waals surface area (Å²) in [7, 11) is 0. The normalized spacial score (nSPS) is 17.1. The number of hydrogen-bond acceptors (Lipinski definition) is 1. The van der Waals surface area contributed by atoms with Crippen molar-refractivity contribution in [1.29, 1.82) is 0 Å². The molecule has 0 atom stereocenters. The molecule has 1 aromatic carbocycles. The Morgan fingerprint density at radius 3 is 2.47 bits per heavy atom. The number of carboxylic acid groups (broad SMARTS) is 1. The van der Waals surface area contributed by atoms with Crippen LogP contribution in [0.5, 0.6) is 0 Å². The highest BCUT2D eigenvalue weighted by Crippen LogP contribution is 2.22. The monoisotopic (exact) mass is 233 g/mol. The average molecular weight is 233 g/mol. The standard InChI is InChI=1S/C14H19NO2/c16-14(17)15-10-8-13(9-11-15)7-6-12-4-2-1-3-5-12/h1-5,13H,6-11H2,(H,16,17). The number of piperidine rings is 1. The second-order valence-electron chi connectivity index (χ2n) is 4.74. The van der Waals surface area contributed by atoms with E-state index < -0.39 is 6.09 Å². The molecule has 1 amide bonds. The van der Waals surface area contributed by atoms with Crippen molar-refractivity contribution in [2.24, 2.45) is 5.92 Å². The van der Waals surface area contributed by atoms with E-state index in [9.17, 15) is 4.79 Å². The second kappa shape index (κ2) is 5.71. The molecule has 0 radical (unpaired) electrons. The van der Waals surface area contributed by atoms with E-state index in [2.05, 4.69) is 24.3 Å². The van der Waals surface area contributed by atoms with Crippen molar-refractivity contribution in [1.82, 2.24) is 4.90 Å². The summed E-state index contributed by atoms with van der Waals surface area (Å²) in [5.74, 6) is 0.686. The molecule has 1 N–H and O–H groups in total. The Kier molecular flexibility index (Phi) is 4.02. The van der Waals surface area contributed by atoms with Gasteiger partial charge in [-0.05, 0) is 37.2 Å². The smallest absolute Gasteiger partial charge is 0.407 e. The van der Waals surface area contributed by atoms with Gasteiger partial charge < -0.3 is 10.0 Å². The molecule has 1 aromatic rings. The van der Waals surface area contributed by atoms with Crippen LogP contribution in [0.15, 0.2) is 30.3 Å². The zero-order chi connectivity index (χ0) is 12.1. The minimum Gasteiger partial charge on any atom is -0.465 e. The quantitative estimate of drug-likeness (QED) is 0.871. The van der Waals surface area contributed by atoms with Gasteiger partial charge in [0, 0.05) is 13.1 Å². The van der Waals surface area contributed by atoms with Crippen LogP contribution < -0.4 is 0 Å². The molecule has 1 aliphatic heterocycles. The van der Waals surface area contributed by atoms with Gasteiger partial charge in [-0.1, -0.05) is 30.3 Å². The number of nitrogens with zero attached hydrogens (tertiary/aromatic N) is 1. The van der Waals surface area contributed by atoms with E-state index in [1.807, 2.05) is 6.07 Å². The molecule has 1 saturated heterocycles. The first-order chi connectivity index (χ1) is 8.25. The molecule has 0 aromatic heterocycles. The molecular formula is C14H19NO2. The summed E-state index contributed by atoms with van der Waals surface area (Å²) in [5.41, 5.74) is 1.38. The van der Waals surface area contributed by atoms with Crippen LogP contribution in [0.3, 0.4) is 0 Å². The van der Waals surface area contributed by atoms with Crippen molar-refractivity contribution in [3.63, 3.8) is 0 Å². The van der Waals surface area contributed by atoms with Gasteiger partial charge in [-0.2, -0.15) is 0 Å². The zero-order valence-electron chi connectivity index (χ0n) is 10.0. The Labute approximate surface area is 102 Å². The molecule has 2 rings (SSSR count). The van der Waals surface area contributed by atoms with E-state index in [-0.39, 0.29) is 0 Å². The molecule has 0 saturated carbocycles. The first-order valence-corrected chi connectivity index (χ1v) is 6.27. The van der Waals surface area contributed by atoms with E-state index in [1.54, 1.807) is 0 Å². The van der Waals surface area contributed by atoms with Gasteiger partial charge in [0.25, 0.3) is 0 Å². The van der Waals surface area contributed by atoms with Crippen molar-refractivity contribution in [3.8, 4) is 0 Å². The van der Waals surface area contributed by atoms with E-state index in [0.29, 0.717) is 19.0 Å². The van der Waals surface area contributed by atoms with Crippen LogP contribution in [0.2, 0.25) is 0 Å². The number of carbonyl (C=O) groups is 1. The lowest BCUT2D eigenvalue weighted by Gasteiger charge is -2.29. The first-order valence-electron chi connectivity index (χ1n) is 6.27. The highest BCUT2D eigenvalue weighted by Gasteiger charge is 2.21. The van der Waals surface area contributed by atoms with Crippen LogP contribution in [0.1, 0.15) is 24.8 Å². The molecule has 1 fully saturated rings. The van der Waals surface area contributed by atoms with Gasteiger partial charge in [-0.15, -0.1) is 0 Å². The molecular weight excluding hydrogens is 214 g/mol. The molecule has 1 heterocycles. The first kappa shape index (κ1) is 12.0. The highest BCUT2D eigenvalue weighted by molar-refractivity contribution is 5.64. The average Bonchev–Trinajstić information content (AvgIpc) is 2.38. The molecule has 0 bridgehead atoms. The second-order valence-corrected chi connectivity index (χ2v) is 4.74. The maximum atomic E-state index is 10.8. The third kappa shape index (κ3) is 3.48. The Balaban J connectivity index is 1.74. The predicted octanol–water partition coefficient (Wildman–Crippen LogP) is 3.01. The van der Waals surface area contributed by atoms with Gasteiger partial charge in [0.15, 0.2) is 0 Å². The summed E-state index contributed by atoms with van der Waals surface area (Å²) in [6.07, 6.45) is 3.54. The fourth-order valence-electron chi connectivity index (χ4n) is 2.43. The lowest BCUT2D eigenvalue weighted by molar-refractivity contribution is 0.123. The summed E-state index contributed by atoms with van der Waals surface area (Å²) in [5, 5.41) is 8.86. The molecule has 3 heteroatoms. The van der Waals surface area contributed by atoms with Crippen LogP contribution in [0.25, 0.3) is 0 Å². The van der Waals surface area contributed by atoms with Crippen molar-refractivity contribution in [3.05, 3.63) is 35.9 Å². The Morgan fingerprint density at radius 1 is 1.24 bits per heavy atom. The number of amides is 1. The van der Waals surface area contributed by atoms with Crippen molar-refractivity contribution in [2.45, 2.75) is 25.7 Å². The van der Waals surface area contributed by atoms with Gasteiger partial charge in [0.2, 0.25) is 0 Å². The number of aryl methyl sites for hydroxylation is 1. The van der Waals surface area contributed by atoms with Gasteiger partial charge in [0.05, 0.1) is 0 Å². The van der Waals surface area contributed by atoms with E-state index in [0.717, 1.165) is 19.3 Å². The molecule has 1 aliphatic rings. The van der Waals surface area contributed by atoms with Gasteiger partial charge in [-0.3, -0.25) is 0 Å². The summed E-state index contributed by atoms with van der Waals surface area (Å²) >= 11 is 0. The predicted molar refractivity (Wildman–Crippen MR) is 67.1 cm³/mol. The number of likely N-dealkylation sites (tertiary alicyclic amines) is 1. The Bertz CT molecular complexity index is 356. The lowest BCUT2D eigenvalue weighted by Crippen LogP contribution is -2.37. The summed E-state index contributed by atoms with van der Waals surface area (Å²) in [4.78, 5) is 12.3. The van der Waals surface area contributed by atoms with Crippen LogP contribution in [-0.4, -0.2) is 29.2 Å². The minimum absolute atomic E-state index is 0.686. The van der Waals surface area contributed by atoms with Gasteiger partial charge >= 0.3 is 6.09 Å². The number of rotatable bonds is 3. The molecule has 0 spiro atoms. The molecule has 3 nitrogen and oxygen atoms in total. The molecule has 17 heavy (non-hydrogen) atoms. The Hall–Kier alpha value is -1.51. The molecule has 92 valence electrons. The van der Waals surface area contributed by atoms with E-state index in [4.69, 9.17) is 5.11 Å². The third-order valence-electron chi connectivity index (χ3n) is 3.57. The van der Waals surface area contributed by atoms with Crippen LogP contribution >= 0.6 is 0 Å². The third-order valence-corrected chi connectivity index (χ3v) is 3.57. The Morgan fingerprint density at radius 2 is 1.88 bits per heavy atom. The van der Waals surface area contributed by atoms with Crippen LogP contribution in [-0.2, 0) is 6.42 Å². The zero-order valence-corrected chi connectivity index (χ0v) is 10.0. The maximum Gasteiger partial charge on any atom is 0.407 e.